The number of nitrogens with two attached hydrogens (primary N) is 1. The fourth-order valence-electron chi connectivity index (χ4n) is 1.57. The SMILES string of the molecule is Cc1cc(C)c(CN)c(NCC(C)C)n1. The summed E-state index contributed by atoms with van der Waals surface area (Å²) in [6.07, 6.45) is 0. The zero-order chi connectivity index (χ0) is 11.4. The molecule has 0 unspecified atom stereocenters. The van der Waals surface area contributed by atoms with Crippen molar-refractivity contribution < 1.29 is 0 Å². The number of nitrogens with zero attached hydrogens (tertiary/aromatic N) is 1. The summed E-state index contributed by atoms with van der Waals surface area (Å²) in [6, 6.07) is 2.07. The van der Waals surface area contributed by atoms with Gasteiger partial charge in [-0.2, -0.15) is 0 Å². The zero-order valence-electron chi connectivity index (χ0n) is 10.1. The molecule has 0 aliphatic carbocycles. The number of hydrogen-bond donors (Lipinski definition) is 2. The standard InChI is InChI=1S/C12H21N3/c1-8(2)7-14-12-11(6-13)9(3)5-10(4)15-12/h5,8H,6-7,13H2,1-4H3,(H,14,15). The van der Waals surface area contributed by atoms with Crippen LogP contribution in [0.3, 0.4) is 0 Å². The van der Waals surface area contributed by atoms with Crippen molar-refractivity contribution in [1.29, 1.82) is 0 Å². The third-order valence-corrected chi connectivity index (χ3v) is 2.36. The van der Waals surface area contributed by atoms with Crippen molar-refractivity contribution in [1.82, 2.24) is 4.98 Å². The Balaban J connectivity index is 2.93. The highest BCUT2D eigenvalue weighted by atomic mass is 15.0. The molecular formula is C12H21N3. The molecule has 1 rings (SSSR count). The van der Waals surface area contributed by atoms with Crippen molar-refractivity contribution >= 4 is 5.82 Å². The second-order valence-corrected chi connectivity index (χ2v) is 4.39. The van der Waals surface area contributed by atoms with Gasteiger partial charge in [-0.25, -0.2) is 4.98 Å². The Bertz CT molecular complexity index is 332. The van der Waals surface area contributed by atoms with E-state index in [2.05, 4.69) is 37.1 Å². The predicted octanol–water partition coefficient (Wildman–Crippen LogP) is 2.23. The lowest BCUT2D eigenvalue weighted by atomic mass is 10.1. The third-order valence-electron chi connectivity index (χ3n) is 2.36. The molecule has 0 spiro atoms. The van der Waals surface area contributed by atoms with E-state index in [1.807, 2.05) is 6.92 Å². The maximum Gasteiger partial charge on any atom is 0.131 e. The third kappa shape index (κ3) is 3.20. The zero-order valence-corrected chi connectivity index (χ0v) is 10.1. The first kappa shape index (κ1) is 12.0. The lowest BCUT2D eigenvalue weighted by Gasteiger charge is -2.14. The van der Waals surface area contributed by atoms with Gasteiger partial charge in [-0.3, -0.25) is 0 Å². The molecule has 0 bridgehead atoms. The molecule has 3 nitrogen and oxygen atoms in total. The van der Waals surface area contributed by atoms with Gasteiger partial charge >= 0.3 is 0 Å². The molecule has 0 aliphatic heterocycles. The Kier molecular flexibility index (Phi) is 4.09. The van der Waals surface area contributed by atoms with Crippen LogP contribution < -0.4 is 11.1 Å². The summed E-state index contributed by atoms with van der Waals surface area (Å²) in [7, 11) is 0. The molecule has 0 radical (unpaired) electrons. The van der Waals surface area contributed by atoms with E-state index in [9.17, 15) is 0 Å². The monoisotopic (exact) mass is 207 g/mol. The lowest BCUT2D eigenvalue weighted by molar-refractivity contribution is 0.685. The van der Waals surface area contributed by atoms with Gasteiger partial charge in [0.2, 0.25) is 0 Å². The van der Waals surface area contributed by atoms with Crippen molar-refractivity contribution in [3.8, 4) is 0 Å². The minimum Gasteiger partial charge on any atom is -0.370 e. The smallest absolute Gasteiger partial charge is 0.131 e. The summed E-state index contributed by atoms with van der Waals surface area (Å²) < 4.78 is 0. The summed E-state index contributed by atoms with van der Waals surface area (Å²) in [4.78, 5) is 4.49. The second kappa shape index (κ2) is 5.12. The van der Waals surface area contributed by atoms with Crippen LogP contribution in [0.15, 0.2) is 6.07 Å². The summed E-state index contributed by atoms with van der Waals surface area (Å²) in [5.74, 6) is 1.56. The molecule has 0 saturated heterocycles. The highest BCUT2D eigenvalue weighted by molar-refractivity contribution is 5.49. The van der Waals surface area contributed by atoms with E-state index < -0.39 is 0 Å². The second-order valence-electron chi connectivity index (χ2n) is 4.39. The molecule has 0 saturated carbocycles. The van der Waals surface area contributed by atoms with E-state index >= 15 is 0 Å². The summed E-state index contributed by atoms with van der Waals surface area (Å²) in [6.45, 7) is 9.92. The molecule has 0 atom stereocenters. The first-order chi connectivity index (χ1) is 7.04. The molecule has 3 N–H and O–H groups in total. The summed E-state index contributed by atoms with van der Waals surface area (Å²) >= 11 is 0. The molecule has 1 aromatic rings. The minimum absolute atomic E-state index is 0.541. The first-order valence-corrected chi connectivity index (χ1v) is 5.45. The highest BCUT2D eigenvalue weighted by Gasteiger charge is 2.07. The molecule has 15 heavy (non-hydrogen) atoms. The molecule has 3 heteroatoms. The lowest BCUT2D eigenvalue weighted by Crippen LogP contribution is -2.14. The number of nitrogens with one attached hydrogen (secondary N) is 1. The van der Waals surface area contributed by atoms with E-state index in [1.54, 1.807) is 0 Å². The average Bonchev–Trinajstić information content (AvgIpc) is 2.13. The Morgan fingerprint density at radius 1 is 1.40 bits per heavy atom. The van der Waals surface area contributed by atoms with Gasteiger partial charge in [0.1, 0.15) is 5.82 Å². The number of aromatic nitrogens is 1. The molecule has 1 aromatic heterocycles. The van der Waals surface area contributed by atoms with Crippen LogP contribution in [-0.4, -0.2) is 11.5 Å². The van der Waals surface area contributed by atoms with Gasteiger partial charge in [-0.05, 0) is 31.4 Å². The predicted molar refractivity (Wildman–Crippen MR) is 64.9 cm³/mol. The number of hydrogen-bond acceptors (Lipinski definition) is 3. The topological polar surface area (TPSA) is 50.9 Å². The van der Waals surface area contributed by atoms with Crippen LogP contribution in [0.2, 0.25) is 0 Å². The van der Waals surface area contributed by atoms with E-state index in [0.717, 1.165) is 23.6 Å². The van der Waals surface area contributed by atoms with Gasteiger partial charge in [0.25, 0.3) is 0 Å². The minimum atomic E-state index is 0.541. The maximum atomic E-state index is 5.73. The molecule has 84 valence electrons. The molecular weight excluding hydrogens is 186 g/mol. The maximum absolute atomic E-state index is 5.73. The van der Waals surface area contributed by atoms with Crippen LogP contribution >= 0.6 is 0 Å². The van der Waals surface area contributed by atoms with Crippen LogP contribution in [-0.2, 0) is 6.54 Å². The number of pyridine rings is 1. The number of rotatable bonds is 4. The van der Waals surface area contributed by atoms with Crippen LogP contribution in [0.1, 0.15) is 30.7 Å². The van der Waals surface area contributed by atoms with Crippen LogP contribution in [0.25, 0.3) is 0 Å². The van der Waals surface area contributed by atoms with E-state index in [4.69, 9.17) is 5.73 Å². The van der Waals surface area contributed by atoms with Gasteiger partial charge in [-0.15, -0.1) is 0 Å². The Morgan fingerprint density at radius 3 is 2.60 bits per heavy atom. The molecule has 1 heterocycles. The van der Waals surface area contributed by atoms with Crippen molar-refractivity contribution in [2.24, 2.45) is 11.7 Å². The summed E-state index contributed by atoms with van der Waals surface area (Å²) in [5, 5.41) is 3.35. The van der Waals surface area contributed by atoms with Crippen molar-refractivity contribution in [2.75, 3.05) is 11.9 Å². The van der Waals surface area contributed by atoms with E-state index in [0.29, 0.717) is 12.5 Å². The van der Waals surface area contributed by atoms with Gasteiger partial charge in [-0.1, -0.05) is 13.8 Å². The fourth-order valence-corrected chi connectivity index (χ4v) is 1.57. The Morgan fingerprint density at radius 2 is 2.07 bits per heavy atom. The van der Waals surface area contributed by atoms with Crippen LogP contribution in [0.5, 0.6) is 0 Å². The largest absolute Gasteiger partial charge is 0.370 e. The van der Waals surface area contributed by atoms with Crippen molar-refractivity contribution in [3.63, 3.8) is 0 Å². The highest BCUT2D eigenvalue weighted by Crippen LogP contribution is 2.18. The van der Waals surface area contributed by atoms with E-state index in [-0.39, 0.29) is 0 Å². The molecule has 0 fully saturated rings. The quantitative estimate of drug-likeness (QED) is 0.796. The Hall–Kier alpha value is -1.09. The molecule has 0 amide bonds. The average molecular weight is 207 g/mol. The van der Waals surface area contributed by atoms with E-state index in [1.165, 1.54) is 5.56 Å². The van der Waals surface area contributed by atoms with Crippen LogP contribution in [0, 0.1) is 19.8 Å². The molecule has 0 aromatic carbocycles. The van der Waals surface area contributed by atoms with Gasteiger partial charge in [0, 0.05) is 24.3 Å². The number of aryl methyl sites for hydroxylation is 2. The van der Waals surface area contributed by atoms with Gasteiger partial charge < -0.3 is 11.1 Å². The molecule has 0 aliphatic rings. The summed E-state index contributed by atoms with van der Waals surface area (Å²) in [5.41, 5.74) is 9.11. The van der Waals surface area contributed by atoms with Crippen molar-refractivity contribution in [2.45, 2.75) is 34.2 Å². The van der Waals surface area contributed by atoms with Gasteiger partial charge in [0.05, 0.1) is 0 Å². The first-order valence-electron chi connectivity index (χ1n) is 5.45. The van der Waals surface area contributed by atoms with Crippen LogP contribution in [0.4, 0.5) is 5.82 Å². The van der Waals surface area contributed by atoms with Gasteiger partial charge in [0.15, 0.2) is 0 Å². The fraction of sp³-hybridized carbons (Fsp3) is 0.583. The normalized spacial score (nSPS) is 10.8. The number of anilines is 1. The Labute approximate surface area is 92.1 Å². The van der Waals surface area contributed by atoms with Crippen molar-refractivity contribution in [3.05, 3.63) is 22.9 Å².